The third-order valence-corrected chi connectivity index (χ3v) is 4.42. The molecule has 0 aliphatic heterocycles. The number of rotatable bonds is 6. The van der Waals surface area contributed by atoms with Crippen LogP contribution in [0.3, 0.4) is 0 Å². The van der Waals surface area contributed by atoms with Gasteiger partial charge < -0.3 is 19.8 Å². The number of furan rings is 1. The summed E-state index contributed by atoms with van der Waals surface area (Å²) in [5.41, 5.74) is 3.44. The van der Waals surface area contributed by atoms with E-state index in [9.17, 15) is 14.4 Å². The third kappa shape index (κ3) is 5.14. The van der Waals surface area contributed by atoms with E-state index in [0.717, 1.165) is 11.1 Å². The Labute approximate surface area is 174 Å². The van der Waals surface area contributed by atoms with Crippen LogP contribution in [0.1, 0.15) is 39.0 Å². The number of hydrogen-bond donors (Lipinski definition) is 2. The first kappa shape index (κ1) is 20.9. The topological polar surface area (TPSA) is 97.6 Å². The monoisotopic (exact) mass is 406 g/mol. The summed E-state index contributed by atoms with van der Waals surface area (Å²) < 4.78 is 10.3. The fourth-order valence-corrected chi connectivity index (χ4v) is 2.76. The lowest BCUT2D eigenvalue weighted by Crippen LogP contribution is -2.30. The number of ether oxygens (including phenoxy) is 1. The van der Waals surface area contributed by atoms with Crippen molar-refractivity contribution in [2.75, 3.05) is 10.6 Å². The first-order chi connectivity index (χ1) is 14.3. The van der Waals surface area contributed by atoms with Gasteiger partial charge in [0, 0.05) is 11.4 Å². The molecule has 154 valence electrons. The largest absolute Gasteiger partial charge is 0.459 e. The van der Waals surface area contributed by atoms with Crippen molar-refractivity contribution in [3.05, 3.63) is 83.3 Å². The van der Waals surface area contributed by atoms with Gasteiger partial charge in [-0.25, -0.2) is 4.79 Å². The summed E-state index contributed by atoms with van der Waals surface area (Å²) in [5.74, 6) is -1.27. The fourth-order valence-electron chi connectivity index (χ4n) is 2.76. The Morgan fingerprint density at radius 3 is 2.33 bits per heavy atom. The zero-order chi connectivity index (χ0) is 21.7. The van der Waals surface area contributed by atoms with Crippen molar-refractivity contribution in [2.24, 2.45) is 0 Å². The van der Waals surface area contributed by atoms with E-state index in [1.165, 1.54) is 25.3 Å². The van der Waals surface area contributed by atoms with Crippen LogP contribution in [0, 0.1) is 13.8 Å². The molecular weight excluding hydrogens is 384 g/mol. The second-order valence-corrected chi connectivity index (χ2v) is 6.86. The van der Waals surface area contributed by atoms with E-state index in [1.807, 2.05) is 32.0 Å². The van der Waals surface area contributed by atoms with Crippen LogP contribution in [0.4, 0.5) is 11.4 Å². The molecule has 2 amide bonds. The lowest BCUT2D eigenvalue weighted by molar-refractivity contribution is -0.123. The van der Waals surface area contributed by atoms with E-state index in [0.29, 0.717) is 11.4 Å². The maximum atomic E-state index is 12.4. The van der Waals surface area contributed by atoms with Gasteiger partial charge in [-0.2, -0.15) is 0 Å². The van der Waals surface area contributed by atoms with Gasteiger partial charge >= 0.3 is 5.97 Å². The Morgan fingerprint density at radius 1 is 0.967 bits per heavy atom. The normalized spacial score (nSPS) is 11.4. The van der Waals surface area contributed by atoms with Crippen LogP contribution in [-0.2, 0) is 9.53 Å². The number of amides is 2. The molecule has 0 radical (unpaired) electrons. The van der Waals surface area contributed by atoms with Crippen molar-refractivity contribution >= 4 is 29.2 Å². The van der Waals surface area contributed by atoms with Crippen LogP contribution < -0.4 is 10.6 Å². The maximum absolute atomic E-state index is 12.4. The van der Waals surface area contributed by atoms with Gasteiger partial charge in [0.25, 0.3) is 11.8 Å². The minimum Gasteiger partial charge on any atom is -0.459 e. The summed E-state index contributed by atoms with van der Waals surface area (Å²) in [5, 5.41) is 5.42. The molecule has 0 bridgehead atoms. The summed E-state index contributed by atoms with van der Waals surface area (Å²) in [7, 11) is 0. The van der Waals surface area contributed by atoms with E-state index >= 15 is 0 Å². The lowest BCUT2D eigenvalue weighted by atomic mass is 10.1. The predicted octanol–water partition coefficient (Wildman–Crippen LogP) is 4.33. The quantitative estimate of drug-likeness (QED) is 0.594. The molecule has 0 unspecified atom stereocenters. The average Bonchev–Trinajstić information content (AvgIpc) is 3.25. The number of carbonyl (C=O) groups is 3. The van der Waals surface area contributed by atoms with Crippen LogP contribution in [-0.4, -0.2) is 23.9 Å². The van der Waals surface area contributed by atoms with Crippen LogP contribution in [0.25, 0.3) is 0 Å². The SMILES string of the molecule is Cc1ccc(NC(=O)[C@@H](C)OC(=O)c2ccc(NC(=O)c3ccco3)cc2)c(C)c1. The Bertz CT molecular complexity index is 1060. The van der Waals surface area contributed by atoms with Gasteiger partial charge in [-0.1, -0.05) is 17.7 Å². The molecule has 3 aromatic rings. The van der Waals surface area contributed by atoms with Crippen LogP contribution in [0.2, 0.25) is 0 Å². The minimum atomic E-state index is -0.975. The average molecular weight is 406 g/mol. The molecule has 3 rings (SSSR count). The number of benzene rings is 2. The molecule has 0 spiro atoms. The minimum absolute atomic E-state index is 0.183. The van der Waals surface area contributed by atoms with Gasteiger partial charge in [-0.3, -0.25) is 9.59 Å². The molecule has 0 saturated carbocycles. The first-order valence-electron chi connectivity index (χ1n) is 9.37. The molecule has 0 fully saturated rings. The van der Waals surface area contributed by atoms with Crippen molar-refractivity contribution < 1.29 is 23.5 Å². The molecule has 2 N–H and O–H groups in total. The molecule has 0 saturated heterocycles. The summed E-state index contributed by atoms with van der Waals surface area (Å²) in [6, 6.07) is 15.0. The summed E-state index contributed by atoms with van der Waals surface area (Å²) in [6.45, 7) is 5.37. The van der Waals surface area contributed by atoms with E-state index in [4.69, 9.17) is 9.15 Å². The van der Waals surface area contributed by atoms with Crippen molar-refractivity contribution in [3.8, 4) is 0 Å². The zero-order valence-electron chi connectivity index (χ0n) is 16.9. The zero-order valence-corrected chi connectivity index (χ0v) is 16.9. The van der Waals surface area contributed by atoms with E-state index in [2.05, 4.69) is 10.6 Å². The number of nitrogens with one attached hydrogen (secondary N) is 2. The molecule has 0 aliphatic rings. The van der Waals surface area contributed by atoms with Gasteiger partial charge in [0.1, 0.15) is 0 Å². The number of anilines is 2. The Kier molecular flexibility index (Phi) is 6.32. The van der Waals surface area contributed by atoms with Crippen LogP contribution >= 0.6 is 0 Å². The summed E-state index contributed by atoms with van der Waals surface area (Å²) >= 11 is 0. The highest BCUT2D eigenvalue weighted by molar-refractivity contribution is 6.02. The second kappa shape index (κ2) is 9.09. The smallest absolute Gasteiger partial charge is 0.338 e. The van der Waals surface area contributed by atoms with Crippen molar-refractivity contribution in [1.29, 1.82) is 0 Å². The number of aryl methyl sites for hydroxylation is 2. The maximum Gasteiger partial charge on any atom is 0.338 e. The third-order valence-electron chi connectivity index (χ3n) is 4.42. The number of esters is 1. The molecule has 1 atom stereocenters. The van der Waals surface area contributed by atoms with Crippen LogP contribution in [0.15, 0.2) is 65.3 Å². The van der Waals surface area contributed by atoms with Crippen molar-refractivity contribution in [2.45, 2.75) is 26.9 Å². The van der Waals surface area contributed by atoms with E-state index in [-0.39, 0.29) is 11.3 Å². The molecule has 0 aliphatic carbocycles. The molecule has 1 aromatic heterocycles. The standard InChI is InChI=1S/C23H22N2O5/c1-14-6-11-19(15(2)13-14)25-21(26)16(3)30-23(28)17-7-9-18(10-8-17)24-22(27)20-5-4-12-29-20/h4-13,16H,1-3H3,(H,24,27)(H,25,26)/t16-/m1/s1. The predicted molar refractivity (Wildman–Crippen MR) is 113 cm³/mol. The highest BCUT2D eigenvalue weighted by atomic mass is 16.5. The van der Waals surface area contributed by atoms with Gasteiger partial charge in [0.05, 0.1) is 11.8 Å². The molecular formula is C23H22N2O5. The molecule has 7 nitrogen and oxygen atoms in total. The van der Waals surface area contributed by atoms with Gasteiger partial charge in [0.15, 0.2) is 11.9 Å². The fraction of sp³-hybridized carbons (Fsp3) is 0.174. The van der Waals surface area contributed by atoms with Crippen LogP contribution in [0.5, 0.6) is 0 Å². The van der Waals surface area contributed by atoms with Crippen molar-refractivity contribution in [1.82, 2.24) is 0 Å². The molecule has 30 heavy (non-hydrogen) atoms. The van der Waals surface area contributed by atoms with Gasteiger partial charge in [-0.05, 0) is 68.8 Å². The second-order valence-electron chi connectivity index (χ2n) is 6.86. The Morgan fingerprint density at radius 2 is 1.70 bits per heavy atom. The highest BCUT2D eigenvalue weighted by Gasteiger charge is 2.20. The lowest BCUT2D eigenvalue weighted by Gasteiger charge is -2.15. The Balaban J connectivity index is 1.56. The van der Waals surface area contributed by atoms with E-state index < -0.39 is 23.9 Å². The summed E-state index contributed by atoms with van der Waals surface area (Å²) in [6.07, 6.45) is 0.433. The van der Waals surface area contributed by atoms with Crippen molar-refractivity contribution in [3.63, 3.8) is 0 Å². The Hall–Kier alpha value is -3.87. The summed E-state index contributed by atoms with van der Waals surface area (Å²) in [4.78, 5) is 36.7. The first-order valence-corrected chi connectivity index (χ1v) is 9.37. The van der Waals surface area contributed by atoms with Gasteiger partial charge in [0.2, 0.25) is 0 Å². The number of hydrogen-bond acceptors (Lipinski definition) is 5. The van der Waals surface area contributed by atoms with Gasteiger partial charge in [-0.15, -0.1) is 0 Å². The molecule has 7 heteroatoms. The molecule has 2 aromatic carbocycles. The number of carbonyl (C=O) groups excluding carboxylic acids is 3. The molecule has 1 heterocycles. The highest BCUT2D eigenvalue weighted by Crippen LogP contribution is 2.17. The van der Waals surface area contributed by atoms with E-state index in [1.54, 1.807) is 24.3 Å².